The van der Waals surface area contributed by atoms with Gasteiger partial charge in [0.2, 0.25) is 15.9 Å². The Morgan fingerprint density at radius 2 is 2.06 bits per heavy atom. The number of nitrogens with zero attached hydrogens (tertiary/aromatic N) is 1. The predicted octanol–water partition coefficient (Wildman–Crippen LogP) is -0.488. The van der Waals surface area contributed by atoms with Crippen molar-refractivity contribution in [2.24, 2.45) is 5.73 Å². The van der Waals surface area contributed by atoms with Crippen LogP contribution in [0.1, 0.15) is 26.2 Å². The normalized spacial score (nSPS) is 13.7. The number of unbranched alkanes of at least 4 members (excludes halogenated alkanes) is 1. The highest BCUT2D eigenvalue weighted by Gasteiger charge is 2.17. The summed E-state index contributed by atoms with van der Waals surface area (Å²) in [4.78, 5) is 11.6. The van der Waals surface area contributed by atoms with Crippen molar-refractivity contribution in [3.05, 3.63) is 0 Å². The Bertz CT molecular complexity index is 330. The third-order valence-corrected chi connectivity index (χ3v) is 3.75. The number of sulfonamides is 1. The summed E-state index contributed by atoms with van der Waals surface area (Å²) in [7, 11) is -1.94. The first-order valence-corrected chi connectivity index (χ1v) is 7.56. The molecule has 0 bridgehead atoms. The van der Waals surface area contributed by atoms with E-state index in [0.29, 0.717) is 6.54 Å². The van der Waals surface area contributed by atoms with Gasteiger partial charge in [-0.1, -0.05) is 19.8 Å². The second-order valence-electron chi connectivity index (χ2n) is 4.16. The highest BCUT2D eigenvalue weighted by molar-refractivity contribution is 7.88. The molecule has 0 aliphatic rings. The van der Waals surface area contributed by atoms with Gasteiger partial charge in [0.15, 0.2) is 0 Å². The summed E-state index contributed by atoms with van der Waals surface area (Å²) in [6.07, 6.45) is 3.92. The van der Waals surface area contributed by atoms with Crippen LogP contribution in [0.4, 0.5) is 0 Å². The standard InChI is InChI=1S/C10H23N3O3S/c1-4-5-6-9(7-11)12-10(14)8-13(2)17(3,15)16/h9H,4-8,11H2,1-3H3,(H,12,14). The summed E-state index contributed by atoms with van der Waals surface area (Å²) in [6.45, 7) is 2.27. The van der Waals surface area contributed by atoms with E-state index in [1.807, 2.05) is 0 Å². The smallest absolute Gasteiger partial charge is 0.235 e. The van der Waals surface area contributed by atoms with Crippen LogP contribution >= 0.6 is 0 Å². The van der Waals surface area contributed by atoms with Crippen LogP contribution < -0.4 is 11.1 Å². The summed E-state index contributed by atoms with van der Waals surface area (Å²) >= 11 is 0. The molecule has 0 fully saturated rings. The first-order chi connectivity index (χ1) is 7.81. The van der Waals surface area contributed by atoms with Gasteiger partial charge in [-0.2, -0.15) is 4.31 Å². The van der Waals surface area contributed by atoms with Gasteiger partial charge in [-0.3, -0.25) is 4.79 Å². The molecule has 17 heavy (non-hydrogen) atoms. The fourth-order valence-electron chi connectivity index (χ4n) is 1.29. The maximum absolute atomic E-state index is 11.6. The molecule has 3 N–H and O–H groups in total. The van der Waals surface area contributed by atoms with Crippen LogP contribution in [0.5, 0.6) is 0 Å². The average molecular weight is 265 g/mol. The van der Waals surface area contributed by atoms with E-state index in [9.17, 15) is 13.2 Å². The second kappa shape index (κ2) is 7.62. The van der Waals surface area contributed by atoms with Crippen molar-refractivity contribution in [1.82, 2.24) is 9.62 Å². The van der Waals surface area contributed by atoms with E-state index >= 15 is 0 Å². The van der Waals surface area contributed by atoms with Crippen molar-refractivity contribution >= 4 is 15.9 Å². The average Bonchev–Trinajstić information content (AvgIpc) is 2.22. The van der Waals surface area contributed by atoms with Gasteiger partial charge < -0.3 is 11.1 Å². The minimum atomic E-state index is -3.32. The van der Waals surface area contributed by atoms with E-state index in [2.05, 4.69) is 12.2 Å². The van der Waals surface area contributed by atoms with Gasteiger partial charge >= 0.3 is 0 Å². The van der Waals surface area contributed by atoms with Crippen LogP contribution in [0.3, 0.4) is 0 Å². The third-order valence-electron chi connectivity index (χ3n) is 2.49. The lowest BCUT2D eigenvalue weighted by molar-refractivity contribution is -0.121. The Labute approximate surface area is 104 Å². The minimum Gasteiger partial charge on any atom is -0.351 e. The molecule has 0 saturated carbocycles. The molecule has 0 aromatic rings. The number of carbonyl (C=O) groups is 1. The van der Waals surface area contributed by atoms with Crippen LogP contribution in [0.2, 0.25) is 0 Å². The summed E-state index contributed by atoms with van der Waals surface area (Å²) in [5.41, 5.74) is 5.53. The SMILES string of the molecule is CCCCC(CN)NC(=O)CN(C)S(C)(=O)=O. The van der Waals surface area contributed by atoms with Crippen LogP contribution in [0, 0.1) is 0 Å². The quantitative estimate of drug-likeness (QED) is 0.619. The zero-order valence-corrected chi connectivity index (χ0v) is 11.6. The Morgan fingerprint density at radius 1 is 1.47 bits per heavy atom. The molecular weight excluding hydrogens is 242 g/mol. The largest absolute Gasteiger partial charge is 0.351 e. The van der Waals surface area contributed by atoms with Crippen LogP contribution in [0.25, 0.3) is 0 Å². The molecule has 102 valence electrons. The van der Waals surface area contributed by atoms with Gasteiger partial charge in [0.1, 0.15) is 0 Å². The maximum Gasteiger partial charge on any atom is 0.235 e. The predicted molar refractivity (Wildman–Crippen MR) is 68.0 cm³/mol. The van der Waals surface area contributed by atoms with E-state index in [0.717, 1.165) is 29.8 Å². The van der Waals surface area contributed by atoms with Crippen LogP contribution in [-0.2, 0) is 14.8 Å². The number of nitrogens with one attached hydrogen (secondary N) is 1. The second-order valence-corrected chi connectivity index (χ2v) is 6.25. The number of likely N-dealkylation sites (N-methyl/N-ethyl adjacent to an activating group) is 1. The number of rotatable bonds is 8. The highest BCUT2D eigenvalue weighted by atomic mass is 32.2. The Kier molecular flexibility index (Phi) is 7.33. The molecule has 0 aliphatic carbocycles. The zero-order chi connectivity index (χ0) is 13.5. The molecule has 0 rings (SSSR count). The van der Waals surface area contributed by atoms with Gasteiger partial charge in [-0.05, 0) is 6.42 Å². The summed E-state index contributed by atoms with van der Waals surface area (Å²) < 4.78 is 23.2. The van der Waals surface area contributed by atoms with E-state index in [-0.39, 0.29) is 18.5 Å². The first-order valence-electron chi connectivity index (χ1n) is 5.72. The van der Waals surface area contributed by atoms with Crippen molar-refractivity contribution in [3.8, 4) is 0 Å². The van der Waals surface area contributed by atoms with E-state index in [1.165, 1.54) is 7.05 Å². The zero-order valence-electron chi connectivity index (χ0n) is 10.8. The fraction of sp³-hybridized carbons (Fsp3) is 0.900. The summed E-state index contributed by atoms with van der Waals surface area (Å²) in [6, 6.07) is -0.0737. The summed E-state index contributed by atoms with van der Waals surface area (Å²) in [5.74, 6) is -0.315. The van der Waals surface area contributed by atoms with Gasteiger partial charge in [-0.25, -0.2) is 8.42 Å². The molecule has 1 atom stereocenters. The molecule has 0 aromatic heterocycles. The molecule has 0 heterocycles. The molecule has 1 amide bonds. The summed E-state index contributed by atoms with van der Waals surface area (Å²) in [5, 5.41) is 2.73. The third kappa shape index (κ3) is 7.30. The Balaban J connectivity index is 4.15. The topological polar surface area (TPSA) is 92.5 Å². The number of carbonyl (C=O) groups excluding carboxylic acids is 1. The molecule has 0 aliphatic heterocycles. The van der Waals surface area contributed by atoms with Gasteiger partial charge in [0, 0.05) is 19.6 Å². The van der Waals surface area contributed by atoms with E-state index in [1.54, 1.807) is 0 Å². The van der Waals surface area contributed by atoms with Crippen molar-refractivity contribution in [2.45, 2.75) is 32.2 Å². The number of amides is 1. The lowest BCUT2D eigenvalue weighted by Crippen LogP contribution is -2.45. The number of nitrogens with two attached hydrogens (primary N) is 1. The van der Waals surface area contributed by atoms with E-state index < -0.39 is 10.0 Å². The number of hydrogen-bond donors (Lipinski definition) is 2. The minimum absolute atomic E-state index is 0.0737. The van der Waals surface area contributed by atoms with Gasteiger partial charge in [0.25, 0.3) is 0 Å². The maximum atomic E-state index is 11.6. The molecular formula is C10H23N3O3S. The molecule has 0 spiro atoms. The van der Waals surface area contributed by atoms with Crippen LogP contribution in [-0.4, -0.2) is 51.1 Å². The van der Waals surface area contributed by atoms with Crippen LogP contribution in [0.15, 0.2) is 0 Å². The van der Waals surface area contributed by atoms with Crippen molar-refractivity contribution in [3.63, 3.8) is 0 Å². The molecule has 0 saturated heterocycles. The monoisotopic (exact) mass is 265 g/mol. The number of hydrogen-bond acceptors (Lipinski definition) is 4. The molecule has 0 radical (unpaired) electrons. The molecule has 7 heteroatoms. The van der Waals surface area contributed by atoms with E-state index in [4.69, 9.17) is 5.73 Å². The first kappa shape index (κ1) is 16.3. The van der Waals surface area contributed by atoms with Crippen molar-refractivity contribution in [1.29, 1.82) is 0 Å². The highest BCUT2D eigenvalue weighted by Crippen LogP contribution is 1.99. The van der Waals surface area contributed by atoms with Gasteiger partial charge in [0.05, 0.1) is 12.8 Å². The lowest BCUT2D eigenvalue weighted by Gasteiger charge is -2.19. The van der Waals surface area contributed by atoms with Crippen molar-refractivity contribution < 1.29 is 13.2 Å². The Hall–Kier alpha value is -0.660. The lowest BCUT2D eigenvalue weighted by atomic mass is 10.1. The van der Waals surface area contributed by atoms with Gasteiger partial charge in [-0.15, -0.1) is 0 Å². The molecule has 6 nitrogen and oxygen atoms in total. The molecule has 0 aromatic carbocycles. The fourth-order valence-corrected chi connectivity index (χ4v) is 1.64. The Morgan fingerprint density at radius 3 is 2.47 bits per heavy atom. The molecule has 1 unspecified atom stereocenters. The van der Waals surface area contributed by atoms with Crippen molar-refractivity contribution in [2.75, 3.05) is 26.4 Å².